The summed E-state index contributed by atoms with van der Waals surface area (Å²) >= 11 is 0. The summed E-state index contributed by atoms with van der Waals surface area (Å²) in [6.07, 6.45) is 7.00. The fourth-order valence-electron chi connectivity index (χ4n) is 3.29. The van der Waals surface area contributed by atoms with Crippen molar-refractivity contribution in [3.63, 3.8) is 0 Å². The summed E-state index contributed by atoms with van der Waals surface area (Å²) in [5, 5.41) is 11.8. The van der Waals surface area contributed by atoms with Gasteiger partial charge in [0, 0.05) is 19.3 Å². The van der Waals surface area contributed by atoms with E-state index in [2.05, 4.69) is 29.4 Å². The molecule has 0 radical (unpaired) electrons. The molecule has 2 aromatic heterocycles. The third-order valence-electron chi connectivity index (χ3n) is 5.20. The molecule has 2 heterocycles. The summed E-state index contributed by atoms with van der Waals surface area (Å²) < 4.78 is 1.97. The largest absolute Gasteiger partial charge is 0.328 e. The van der Waals surface area contributed by atoms with Gasteiger partial charge >= 0.3 is 6.03 Å². The van der Waals surface area contributed by atoms with Gasteiger partial charge < -0.3 is 10.2 Å². The van der Waals surface area contributed by atoms with Crippen molar-refractivity contribution in [3.05, 3.63) is 30.2 Å². The second-order valence-electron chi connectivity index (χ2n) is 7.95. The third-order valence-corrected chi connectivity index (χ3v) is 5.20. The number of carbonyl (C=O) groups is 1. The lowest BCUT2D eigenvalue weighted by Gasteiger charge is -2.27. The van der Waals surface area contributed by atoms with Crippen LogP contribution in [-0.2, 0) is 0 Å². The molecule has 0 aromatic carbocycles. The summed E-state index contributed by atoms with van der Waals surface area (Å²) in [5.74, 6) is 2.45. The van der Waals surface area contributed by atoms with Gasteiger partial charge in [-0.3, -0.25) is 4.40 Å². The molecule has 2 aliphatic carbocycles. The van der Waals surface area contributed by atoms with Crippen LogP contribution in [0.25, 0.3) is 5.65 Å². The summed E-state index contributed by atoms with van der Waals surface area (Å²) in [6, 6.07) is 5.74. The Hall–Kier alpha value is -2.11. The first-order valence-corrected chi connectivity index (χ1v) is 9.47. The van der Waals surface area contributed by atoms with Crippen molar-refractivity contribution in [1.29, 1.82) is 0 Å². The molecule has 2 saturated carbocycles. The molecule has 0 aliphatic heterocycles. The monoisotopic (exact) mass is 341 g/mol. The maximum atomic E-state index is 13.0. The van der Waals surface area contributed by atoms with Gasteiger partial charge in [-0.1, -0.05) is 19.9 Å². The predicted molar refractivity (Wildman–Crippen MR) is 96.1 cm³/mol. The Morgan fingerprint density at radius 2 is 1.88 bits per heavy atom. The van der Waals surface area contributed by atoms with Crippen LogP contribution in [0.2, 0.25) is 0 Å². The van der Waals surface area contributed by atoms with Crippen molar-refractivity contribution >= 4 is 11.7 Å². The zero-order valence-corrected chi connectivity index (χ0v) is 15.1. The normalized spacial score (nSPS) is 18.5. The molecule has 6 nitrogen and oxygen atoms in total. The Bertz CT molecular complexity index is 733. The van der Waals surface area contributed by atoms with Crippen LogP contribution in [0.1, 0.15) is 51.4 Å². The van der Waals surface area contributed by atoms with Crippen molar-refractivity contribution in [1.82, 2.24) is 24.8 Å². The predicted octanol–water partition coefficient (Wildman–Crippen LogP) is 3.26. The number of fused-ring (bicyclic) bond motifs is 1. The minimum Gasteiger partial charge on any atom is -0.328 e. The van der Waals surface area contributed by atoms with Gasteiger partial charge in [-0.25, -0.2) is 4.79 Å². The van der Waals surface area contributed by atoms with Crippen molar-refractivity contribution in [2.75, 3.05) is 13.1 Å². The number of pyridine rings is 1. The summed E-state index contributed by atoms with van der Waals surface area (Å²) in [4.78, 5) is 15.0. The molecule has 6 heteroatoms. The van der Waals surface area contributed by atoms with Crippen LogP contribution in [0.15, 0.2) is 24.4 Å². The van der Waals surface area contributed by atoms with E-state index in [1.165, 1.54) is 25.7 Å². The summed E-state index contributed by atoms with van der Waals surface area (Å²) in [7, 11) is 0. The highest BCUT2D eigenvalue weighted by molar-refractivity contribution is 5.74. The van der Waals surface area contributed by atoms with Gasteiger partial charge in [0.05, 0.1) is 6.04 Å². The molecule has 2 amide bonds. The van der Waals surface area contributed by atoms with Gasteiger partial charge in [0.1, 0.15) is 0 Å². The van der Waals surface area contributed by atoms with Crippen molar-refractivity contribution < 1.29 is 4.79 Å². The van der Waals surface area contributed by atoms with Crippen molar-refractivity contribution in [3.8, 4) is 0 Å². The zero-order chi connectivity index (χ0) is 17.4. The first kappa shape index (κ1) is 16.4. The zero-order valence-electron chi connectivity index (χ0n) is 15.1. The van der Waals surface area contributed by atoms with Gasteiger partial charge in [0.15, 0.2) is 11.5 Å². The van der Waals surface area contributed by atoms with E-state index in [1.807, 2.05) is 33.7 Å². The highest BCUT2D eigenvalue weighted by atomic mass is 16.2. The van der Waals surface area contributed by atoms with Crippen LogP contribution >= 0.6 is 0 Å². The topological polar surface area (TPSA) is 62.5 Å². The lowest BCUT2D eigenvalue weighted by Crippen LogP contribution is -2.45. The first-order chi connectivity index (χ1) is 12.1. The number of carbonyl (C=O) groups excluding carboxylic acids is 1. The van der Waals surface area contributed by atoms with Crippen LogP contribution in [-0.4, -0.2) is 38.6 Å². The Morgan fingerprint density at radius 3 is 2.48 bits per heavy atom. The van der Waals surface area contributed by atoms with E-state index in [-0.39, 0.29) is 18.0 Å². The smallest absolute Gasteiger partial charge is 0.318 e. The number of hydrogen-bond acceptors (Lipinski definition) is 3. The second kappa shape index (κ2) is 6.65. The SMILES string of the molecule is CC(C)[C@@H](NC(=O)N(CC1CC1)CC1CC1)c1nnc2ccccn12. The van der Waals surface area contributed by atoms with Gasteiger partial charge in [-0.05, 0) is 55.6 Å². The van der Waals surface area contributed by atoms with Gasteiger partial charge in [-0.15, -0.1) is 10.2 Å². The highest BCUT2D eigenvalue weighted by Crippen LogP contribution is 2.34. The molecular weight excluding hydrogens is 314 g/mol. The molecule has 0 saturated heterocycles. The van der Waals surface area contributed by atoms with E-state index in [1.54, 1.807) is 0 Å². The van der Waals surface area contributed by atoms with Gasteiger partial charge in [-0.2, -0.15) is 0 Å². The minimum atomic E-state index is -0.147. The third kappa shape index (κ3) is 3.78. The lowest BCUT2D eigenvalue weighted by molar-refractivity contribution is 0.184. The van der Waals surface area contributed by atoms with E-state index in [0.29, 0.717) is 11.8 Å². The molecule has 134 valence electrons. The van der Waals surface area contributed by atoms with Crippen LogP contribution in [0, 0.1) is 17.8 Å². The van der Waals surface area contributed by atoms with E-state index < -0.39 is 0 Å². The number of rotatable bonds is 7. The molecule has 0 bridgehead atoms. The Kier molecular flexibility index (Phi) is 4.36. The van der Waals surface area contributed by atoms with E-state index in [0.717, 1.165) is 24.6 Å². The Balaban J connectivity index is 1.52. The molecule has 1 N–H and O–H groups in total. The highest BCUT2D eigenvalue weighted by Gasteiger charge is 2.33. The standard InChI is InChI=1S/C19H27N5O/c1-13(2)17(18-22-21-16-5-3-4-10-24(16)18)20-19(25)23(11-14-6-7-14)12-15-8-9-15/h3-5,10,13-15,17H,6-9,11-12H2,1-2H3,(H,20,25)/t17-/m1/s1. The quantitative estimate of drug-likeness (QED) is 0.841. The van der Waals surface area contributed by atoms with Crippen LogP contribution in [0.3, 0.4) is 0 Å². The number of nitrogens with one attached hydrogen (secondary N) is 1. The Labute approximate surface area is 148 Å². The van der Waals surface area contributed by atoms with Crippen molar-refractivity contribution in [2.45, 2.75) is 45.6 Å². The second-order valence-corrected chi connectivity index (χ2v) is 7.95. The van der Waals surface area contributed by atoms with E-state index >= 15 is 0 Å². The van der Waals surface area contributed by atoms with Crippen LogP contribution < -0.4 is 5.32 Å². The number of nitrogens with zero attached hydrogens (tertiary/aromatic N) is 4. The summed E-state index contributed by atoms with van der Waals surface area (Å²) in [5.41, 5.74) is 0.810. The molecular formula is C19H27N5O. The van der Waals surface area contributed by atoms with Crippen molar-refractivity contribution in [2.24, 2.45) is 17.8 Å². The number of aromatic nitrogens is 3. The average molecular weight is 341 g/mol. The fourth-order valence-corrected chi connectivity index (χ4v) is 3.29. The van der Waals surface area contributed by atoms with Crippen LogP contribution in [0.4, 0.5) is 4.79 Å². The maximum Gasteiger partial charge on any atom is 0.318 e. The van der Waals surface area contributed by atoms with Gasteiger partial charge in [0.25, 0.3) is 0 Å². The molecule has 2 fully saturated rings. The fraction of sp³-hybridized carbons (Fsp3) is 0.632. The molecule has 2 aliphatic rings. The average Bonchev–Trinajstić information content (AvgIpc) is 3.52. The molecule has 0 unspecified atom stereocenters. The van der Waals surface area contributed by atoms with Crippen LogP contribution in [0.5, 0.6) is 0 Å². The number of hydrogen-bond donors (Lipinski definition) is 1. The van der Waals surface area contributed by atoms with Gasteiger partial charge in [0.2, 0.25) is 0 Å². The molecule has 0 spiro atoms. The van der Waals surface area contributed by atoms with E-state index in [4.69, 9.17) is 0 Å². The minimum absolute atomic E-state index is 0.0465. The Morgan fingerprint density at radius 1 is 1.20 bits per heavy atom. The van der Waals surface area contributed by atoms with E-state index in [9.17, 15) is 4.79 Å². The number of amides is 2. The summed E-state index contributed by atoms with van der Waals surface area (Å²) in [6.45, 7) is 6.02. The first-order valence-electron chi connectivity index (χ1n) is 9.47. The molecule has 4 rings (SSSR count). The molecule has 1 atom stereocenters. The lowest BCUT2D eigenvalue weighted by atomic mass is 10.0. The molecule has 25 heavy (non-hydrogen) atoms. The molecule has 2 aromatic rings. The number of urea groups is 1. The maximum absolute atomic E-state index is 13.0.